The third kappa shape index (κ3) is 5.45. The van der Waals surface area contributed by atoms with E-state index in [-0.39, 0.29) is 17.6 Å². The number of hydrogen-bond donors (Lipinski definition) is 2. The van der Waals surface area contributed by atoms with Crippen molar-refractivity contribution >= 4 is 57.3 Å². The topological polar surface area (TPSA) is 80.3 Å². The number of carbonyl (C=O) groups excluding carboxylic acids is 2. The van der Waals surface area contributed by atoms with Gasteiger partial charge in [-0.25, -0.2) is 0 Å². The Balaban J connectivity index is 1.42. The molecule has 0 radical (unpaired) electrons. The van der Waals surface area contributed by atoms with Gasteiger partial charge in [-0.1, -0.05) is 35.9 Å². The molecule has 0 aliphatic carbocycles. The summed E-state index contributed by atoms with van der Waals surface area (Å²) in [6, 6.07) is 20.0. The highest BCUT2D eigenvalue weighted by Crippen LogP contribution is 2.33. The molecule has 0 unspecified atom stereocenters. The molecule has 4 aromatic rings. The molecule has 8 heteroatoms. The van der Waals surface area contributed by atoms with Gasteiger partial charge in [-0.3, -0.25) is 14.6 Å². The molecule has 33 heavy (non-hydrogen) atoms. The summed E-state index contributed by atoms with van der Waals surface area (Å²) in [5.41, 5.74) is 1.49. The van der Waals surface area contributed by atoms with Gasteiger partial charge in [-0.05, 0) is 41.8 Å². The zero-order valence-corrected chi connectivity index (χ0v) is 19.2. The fourth-order valence-electron chi connectivity index (χ4n) is 3.29. The van der Waals surface area contributed by atoms with Crippen LogP contribution in [0.4, 0.5) is 11.4 Å². The van der Waals surface area contributed by atoms with Crippen molar-refractivity contribution in [2.45, 2.75) is 4.90 Å². The predicted molar refractivity (Wildman–Crippen MR) is 133 cm³/mol. The molecule has 0 saturated carbocycles. The first-order valence-electron chi connectivity index (χ1n) is 10.0. The summed E-state index contributed by atoms with van der Waals surface area (Å²) in [5, 5.41) is 8.29. The van der Waals surface area contributed by atoms with Crippen molar-refractivity contribution in [2.24, 2.45) is 0 Å². The summed E-state index contributed by atoms with van der Waals surface area (Å²) in [6.07, 6.45) is 3.08. The highest BCUT2D eigenvalue weighted by molar-refractivity contribution is 8.00. The highest BCUT2D eigenvalue weighted by Gasteiger charge is 2.13. The molecular formula is C25H20ClN3O3S. The van der Waals surface area contributed by atoms with Crippen molar-refractivity contribution in [1.29, 1.82) is 0 Å². The molecule has 0 aliphatic rings. The fraction of sp³-hybridized carbons (Fsp3) is 0.0800. The van der Waals surface area contributed by atoms with Gasteiger partial charge in [0.25, 0.3) is 5.91 Å². The SMILES string of the molecule is COc1cc(NC(=O)CSc2cccc3cccc(Cl)c23)ccc1NC(=O)c1cccnc1. The molecule has 6 nitrogen and oxygen atoms in total. The average Bonchev–Trinajstić information content (AvgIpc) is 2.84. The minimum Gasteiger partial charge on any atom is -0.494 e. The lowest BCUT2D eigenvalue weighted by Crippen LogP contribution is -2.15. The molecular weight excluding hydrogens is 458 g/mol. The van der Waals surface area contributed by atoms with Crippen molar-refractivity contribution in [2.75, 3.05) is 23.5 Å². The summed E-state index contributed by atoms with van der Waals surface area (Å²) in [6.45, 7) is 0. The summed E-state index contributed by atoms with van der Waals surface area (Å²) in [5.74, 6) is 0.173. The van der Waals surface area contributed by atoms with Crippen molar-refractivity contribution in [3.05, 3.63) is 89.7 Å². The van der Waals surface area contributed by atoms with Gasteiger partial charge in [0.05, 0.1) is 24.1 Å². The number of nitrogens with zero attached hydrogens (tertiary/aromatic N) is 1. The molecule has 166 valence electrons. The second kappa shape index (κ2) is 10.4. The Morgan fingerprint density at radius 1 is 1.03 bits per heavy atom. The molecule has 0 aliphatic heterocycles. The van der Waals surface area contributed by atoms with Gasteiger partial charge in [0, 0.05) is 39.5 Å². The van der Waals surface area contributed by atoms with E-state index < -0.39 is 0 Å². The van der Waals surface area contributed by atoms with Gasteiger partial charge < -0.3 is 15.4 Å². The number of ether oxygens (including phenoxy) is 1. The van der Waals surface area contributed by atoms with Crippen LogP contribution in [0, 0.1) is 0 Å². The van der Waals surface area contributed by atoms with E-state index in [1.807, 2.05) is 36.4 Å². The van der Waals surface area contributed by atoms with Crippen LogP contribution < -0.4 is 15.4 Å². The Morgan fingerprint density at radius 2 is 1.85 bits per heavy atom. The molecule has 3 aromatic carbocycles. The lowest BCUT2D eigenvalue weighted by Gasteiger charge is -2.13. The maximum atomic E-state index is 12.6. The zero-order valence-electron chi connectivity index (χ0n) is 17.7. The number of methoxy groups -OCH3 is 1. The van der Waals surface area contributed by atoms with Crippen LogP contribution in [0.15, 0.2) is 84.0 Å². The largest absolute Gasteiger partial charge is 0.494 e. The van der Waals surface area contributed by atoms with Crippen LogP contribution in [0.5, 0.6) is 5.75 Å². The van der Waals surface area contributed by atoms with Crippen LogP contribution in [-0.4, -0.2) is 29.7 Å². The van der Waals surface area contributed by atoms with Crippen LogP contribution in [0.3, 0.4) is 0 Å². The van der Waals surface area contributed by atoms with E-state index in [1.165, 1.54) is 25.1 Å². The first kappa shape index (κ1) is 22.6. The van der Waals surface area contributed by atoms with E-state index in [9.17, 15) is 9.59 Å². The molecule has 4 rings (SSSR count). The van der Waals surface area contributed by atoms with Crippen molar-refractivity contribution in [3.63, 3.8) is 0 Å². The number of halogens is 1. The number of anilines is 2. The molecule has 0 bridgehead atoms. The van der Waals surface area contributed by atoms with E-state index >= 15 is 0 Å². The minimum absolute atomic E-state index is 0.168. The Morgan fingerprint density at radius 3 is 2.61 bits per heavy atom. The number of fused-ring (bicyclic) bond motifs is 1. The number of pyridine rings is 1. The lowest BCUT2D eigenvalue weighted by molar-refractivity contribution is -0.113. The van der Waals surface area contributed by atoms with Gasteiger partial charge in [0.15, 0.2) is 0 Å². The summed E-state index contributed by atoms with van der Waals surface area (Å²) in [7, 11) is 1.50. The molecule has 0 fully saturated rings. The van der Waals surface area contributed by atoms with E-state index in [2.05, 4.69) is 15.6 Å². The van der Waals surface area contributed by atoms with E-state index in [0.717, 1.165) is 15.7 Å². The number of benzene rings is 3. The van der Waals surface area contributed by atoms with Gasteiger partial charge in [-0.15, -0.1) is 11.8 Å². The third-order valence-corrected chi connectivity index (χ3v) is 6.20. The number of hydrogen-bond acceptors (Lipinski definition) is 5. The Labute approximate surface area is 200 Å². The Bertz CT molecular complexity index is 1310. The van der Waals surface area contributed by atoms with Crippen LogP contribution in [0.1, 0.15) is 10.4 Å². The van der Waals surface area contributed by atoms with Crippen LogP contribution in [0.2, 0.25) is 5.02 Å². The third-order valence-electron chi connectivity index (χ3n) is 4.83. The minimum atomic E-state index is -0.302. The molecule has 0 spiro atoms. The first-order valence-corrected chi connectivity index (χ1v) is 11.4. The highest BCUT2D eigenvalue weighted by atomic mass is 35.5. The maximum Gasteiger partial charge on any atom is 0.257 e. The number of aromatic nitrogens is 1. The monoisotopic (exact) mass is 477 g/mol. The zero-order chi connectivity index (χ0) is 23.2. The molecule has 1 heterocycles. The molecule has 2 amide bonds. The number of carbonyl (C=O) groups is 2. The quantitative estimate of drug-likeness (QED) is 0.325. The number of amides is 2. The van der Waals surface area contributed by atoms with Gasteiger partial charge in [0.2, 0.25) is 5.91 Å². The first-order chi connectivity index (χ1) is 16.0. The molecule has 0 saturated heterocycles. The predicted octanol–water partition coefficient (Wildman–Crippen LogP) is 5.88. The summed E-state index contributed by atoms with van der Waals surface area (Å²) < 4.78 is 5.39. The van der Waals surface area contributed by atoms with E-state index in [4.69, 9.17) is 16.3 Å². The van der Waals surface area contributed by atoms with Crippen LogP contribution in [0.25, 0.3) is 10.8 Å². The van der Waals surface area contributed by atoms with E-state index in [0.29, 0.717) is 27.7 Å². The smallest absolute Gasteiger partial charge is 0.257 e. The van der Waals surface area contributed by atoms with Crippen LogP contribution >= 0.6 is 23.4 Å². The second-order valence-electron chi connectivity index (χ2n) is 7.04. The van der Waals surface area contributed by atoms with Crippen molar-refractivity contribution < 1.29 is 14.3 Å². The van der Waals surface area contributed by atoms with Gasteiger partial charge >= 0.3 is 0 Å². The average molecular weight is 478 g/mol. The van der Waals surface area contributed by atoms with Gasteiger partial charge in [0.1, 0.15) is 5.75 Å². The standard InChI is InChI=1S/C25H20ClN3O3S/c1-32-21-13-18(10-11-20(21)29-25(31)17-7-4-12-27-14-17)28-23(30)15-33-22-9-3-6-16-5-2-8-19(26)24(16)22/h2-14H,15H2,1H3,(H,28,30)(H,29,31). The van der Waals surface area contributed by atoms with Crippen LogP contribution in [-0.2, 0) is 4.79 Å². The molecule has 1 aromatic heterocycles. The number of rotatable bonds is 7. The summed E-state index contributed by atoms with van der Waals surface area (Å²) in [4.78, 5) is 29.9. The Hall–Kier alpha value is -3.55. The number of nitrogens with one attached hydrogen (secondary N) is 2. The van der Waals surface area contributed by atoms with Crippen molar-refractivity contribution in [1.82, 2.24) is 4.98 Å². The maximum absolute atomic E-state index is 12.6. The second-order valence-corrected chi connectivity index (χ2v) is 8.47. The van der Waals surface area contributed by atoms with Gasteiger partial charge in [-0.2, -0.15) is 0 Å². The molecule has 2 N–H and O–H groups in total. The molecule has 0 atom stereocenters. The van der Waals surface area contributed by atoms with Crippen molar-refractivity contribution in [3.8, 4) is 5.75 Å². The fourth-order valence-corrected chi connectivity index (χ4v) is 4.53. The lowest BCUT2D eigenvalue weighted by atomic mass is 10.1. The Kier molecular flexibility index (Phi) is 7.12. The van der Waals surface area contributed by atoms with E-state index in [1.54, 1.807) is 36.5 Å². The summed E-state index contributed by atoms with van der Waals surface area (Å²) >= 11 is 7.79. The normalized spacial score (nSPS) is 10.6. The number of thioether (sulfide) groups is 1.